The molecule has 1 nitrogen and oxygen atoms in total. The molecule has 18 heavy (non-hydrogen) atoms. The zero-order chi connectivity index (χ0) is 13.9. The molecule has 6 heteroatoms. The maximum atomic E-state index is 13.3. The SMILES string of the molecule is CCCC(CC)Oc1c(F)c(F)c(F)c(F)c1F. The van der Waals surface area contributed by atoms with Gasteiger partial charge in [-0.05, 0) is 12.8 Å². The zero-order valence-corrected chi connectivity index (χ0v) is 10.00. The first-order valence-electron chi connectivity index (χ1n) is 5.62. The summed E-state index contributed by atoms with van der Waals surface area (Å²) in [6.45, 7) is 3.52. The average molecular weight is 268 g/mol. The van der Waals surface area contributed by atoms with E-state index in [-0.39, 0.29) is 0 Å². The van der Waals surface area contributed by atoms with E-state index in [0.29, 0.717) is 19.3 Å². The third-order valence-corrected chi connectivity index (χ3v) is 2.52. The van der Waals surface area contributed by atoms with Crippen molar-refractivity contribution in [3.8, 4) is 5.75 Å². The number of benzene rings is 1. The maximum Gasteiger partial charge on any atom is 0.207 e. The fraction of sp³-hybridized carbons (Fsp3) is 0.500. The molecule has 0 radical (unpaired) electrons. The maximum absolute atomic E-state index is 13.3. The molecular weight excluding hydrogens is 255 g/mol. The fourth-order valence-corrected chi connectivity index (χ4v) is 1.52. The molecule has 102 valence electrons. The summed E-state index contributed by atoms with van der Waals surface area (Å²) >= 11 is 0. The van der Waals surface area contributed by atoms with Crippen LogP contribution in [0.1, 0.15) is 33.1 Å². The van der Waals surface area contributed by atoms with Gasteiger partial charge >= 0.3 is 0 Å². The summed E-state index contributed by atoms with van der Waals surface area (Å²) in [5.41, 5.74) is 0. The Morgan fingerprint density at radius 2 is 1.28 bits per heavy atom. The van der Waals surface area contributed by atoms with Gasteiger partial charge in [-0.15, -0.1) is 0 Å². The van der Waals surface area contributed by atoms with Gasteiger partial charge in [0.1, 0.15) is 0 Å². The van der Waals surface area contributed by atoms with Gasteiger partial charge in [0.05, 0.1) is 6.10 Å². The van der Waals surface area contributed by atoms with Crippen LogP contribution in [0.5, 0.6) is 5.75 Å². The monoisotopic (exact) mass is 268 g/mol. The molecule has 0 aliphatic rings. The molecule has 0 bridgehead atoms. The van der Waals surface area contributed by atoms with Crippen molar-refractivity contribution in [1.82, 2.24) is 0 Å². The Balaban J connectivity index is 3.16. The molecule has 1 aromatic carbocycles. The molecule has 1 atom stereocenters. The first-order valence-corrected chi connectivity index (χ1v) is 5.62. The van der Waals surface area contributed by atoms with Gasteiger partial charge in [0.25, 0.3) is 0 Å². The molecule has 1 aromatic rings. The van der Waals surface area contributed by atoms with E-state index in [2.05, 4.69) is 0 Å². The number of ether oxygens (including phenoxy) is 1. The summed E-state index contributed by atoms with van der Waals surface area (Å²) in [4.78, 5) is 0. The Bertz CT molecular complexity index is 404. The van der Waals surface area contributed by atoms with E-state index < -0.39 is 40.9 Å². The van der Waals surface area contributed by atoms with Crippen LogP contribution in [0, 0.1) is 29.1 Å². The van der Waals surface area contributed by atoms with Crippen LogP contribution in [0.25, 0.3) is 0 Å². The molecule has 0 aromatic heterocycles. The van der Waals surface area contributed by atoms with Crippen LogP contribution >= 0.6 is 0 Å². The molecular formula is C12H13F5O. The Morgan fingerprint density at radius 1 is 0.833 bits per heavy atom. The average Bonchev–Trinajstić information content (AvgIpc) is 2.37. The number of halogens is 5. The molecule has 1 rings (SSSR count). The summed E-state index contributed by atoms with van der Waals surface area (Å²) in [5, 5.41) is 0. The minimum absolute atomic E-state index is 0.410. The van der Waals surface area contributed by atoms with Crippen molar-refractivity contribution < 1.29 is 26.7 Å². The van der Waals surface area contributed by atoms with Crippen molar-refractivity contribution in [2.75, 3.05) is 0 Å². The van der Waals surface area contributed by atoms with Crippen molar-refractivity contribution in [2.24, 2.45) is 0 Å². The predicted octanol–water partition coefficient (Wildman–Crippen LogP) is 4.34. The van der Waals surface area contributed by atoms with Gasteiger partial charge in [-0.1, -0.05) is 20.3 Å². The van der Waals surface area contributed by atoms with Crippen LogP contribution in [0.15, 0.2) is 0 Å². The van der Waals surface area contributed by atoms with Crippen LogP contribution in [-0.2, 0) is 0 Å². The third-order valence-electron chi connectivity index (χ3n) is 2.52. The smallest absolute Gasteiger partial charge is 0.207 e. The number of hydrogen-bond donors (Lipinski definition) is 0. The topological polar surface area (TPSA) is 9.23 Å². The van der Waals surface area contributed by atoms with Crippen molar-refractivity contribution in [3.63, 3.8) is 0 Å². The minimum atomic E-state index is -2.18. The van der Waals surface area contributed by atoms with E-state index in [4.69, 9.17) is 4.74 Å². The Labute approximate surface area is 102 Å². The molecule has 0 aliphatic heterocycles. The van der Waals surface area contributed by atoms with Gasteiger partial charge in [-0.3, -0.25) is 0 Å². The van der Waals surface area contributed by atoms with Gasteiger partial charge in [0, 0.05) is 0 Å². The highest BCUT2D eigenvalue weighted by Crippen LogP contribution is 2.30. The normalized spacial score (nSPS) is 12.6. The van der Waals surface area contributed by atoms with Crippen LogP contribution in [0.2, 0.25) is 0 Å². The molecule has 0 fully saturated rings. The highest BCUT2D eigenvalue weighted by molar-refractivity contribution is 5.30. The zero-order valence-electron chi connectivity index (χ0n) is 10.00. The molecule has 0 N–H and O–H groups in total. The van der Waals surface area contributed by atoms with E-state index in [9.17, 15) is 22.0 Å². The molecule has 0 aliphatic carbocycles. The van der Waals surface area contributed by atoms with Crippen molar-refractivity contribution >= 4 is 0 Å². The second kappa shape index (κ2) is 6.02. The van der Waals surface area contributed by atoms with Gasteiger partial charge in [0.2, 0.25) is 29.1 Å². The van der Waals surface area contributed by atoms with Crippen LogP contribution in [-0.4, -0.2) is 6.10 Å². The Kier molecular flexibility index (Phi) is 4.93. The van der Waals surface area contributed by atoms with Gasteiger partial charge in [-0.2, -0.15) is 8.78 Å². The predicted molar refractivity (Wildman–Crippen MR) is 55.8 cm³/mol. The first-order chi connectivity index (χ1) is 8.43. The van der Waals surface area contributed by atoms with E-state index in [1.807, 2.05) is 6.92 Å². The van der Waals surface area contributed by atoms with Gasteiger partial charge in [-0.25, -0.2) is 13.2 Å². The molecule has 1 unspecified atom stereocenters. The van der Waals surface area contributed by atoms with Gasteiger partial charge < -0.3 is 4.74 Å². The molecule has 0 heterocycles. The van der Waals surface area contributed by atoms with E-state index in [1.54, 1.807) is 6.92 Å². The van der Waals surface area contributed by atoms with Crippen LogP contribution in [0.4, 0.5) is 22.0 Å². The largest absolute Gasteiger partial charge is 0.484 e. The second-order valence-electron chi connectivity index (χ2n) is 3.84. The van der Waals surface area contributed by atoms with E-state index in [1.165, 1.54) is 0 Å². The minimum Gasteiger partial charge on any atom is -0.484 e. The van der Waals surface area contributed by atoms with E-state index in [0.717, 1.165) is 0 Å². The highest BCUT2D eigenvalue weighted by atomic mass is 19.2. The second-order valence-corrected chi connectivity index (χ2v) is 3.84. The summed E-state index contributed by atoms with van der Waals surface area (Å²) in [6.07, 6.45) is 0.972. The lowest BCUT2D eigenvalue weighted by Gasteiger charge is -2.18. The van der Waals surface area contributed by atoms with Crippen LogP contribution in [0.3, 0.4) is 0 Å². The quantitative estimate of drug-likeness (QED) is 0.438. The number of hydrogen-bond acceptors (Lipinski definition) is 1. The van der Waals surface area contributed by atoms with Crippen molar-refractivity contribution in [3.05, 3.63) is 29.1 Å². The van der Waals surface area contributed by atoms with Crippen molar-refractivity contribution in [2.45, 2.75) is 39.2 Å². The highest BCUT2D eigenvalue weighted by Gasteiger charge is 2.28. The Hall–Kier alpha value is -1.33. The van der Waals surface area contributed by atoms with Crippen LogP contribution < -0.4 is 4.74 Å². The van der Waals surface area contributed by atoms with Crippen molar-refractivity contribution in [1.29, 1.82) is 0 Å². The molecule has 0 saturated carbocycles. The lowest BCUT2D eigenvalue weighted by Crippen LogP contribution is -2.18. The lowest BCUT2D eigenvalue weighted by molar-refractivity contribution is 0.162. The number of rotatable bonds is 5. The third kappa shape index (κ3) is 2.73. The standard InChI is InChI=1S/C12H13F5O/c1-3-5-6(4-2)18-12-10(16)8(14)7(13)9(15)11(12)17/h6H,3-5H2,1-2H3. The lowest BCUT2D eigenvalue weighted by atomic mass is 10.1. The fourth-order valence-electron chi connectivity index (χ4n) is 1.52. The summed E-state index contributed by atoms with van der Waals surface area (Å²) in [6, 6.07) is 0. The summed E-state index contributed by atoms with van der Waals surface area (Å²) in [7, 11) is 0. The summed E-state index contributed by atoms with van der Waals surface area (Å²) < 4.78 is 70.1. The van der Waals surface area contributed by atoms with E-state index >= 15 is 0 Å². The first kappa shape index (κ1) is 14.7. The molecule has 0 saturated heterocycles. The molecule has 0 amide bonds. The Morgan fingerprint density at radius 3 is 1.67 bits per heavy atom. The summed E-state index contributed by atoms with van der Waals surface area (Å²) in [5.74, 6) is -11.2. The molecule has 0 spiro atoms. The van der Waals surface area contributed by atoms with Gasteiger partial charge in [0.15, 0.2) is 5.75 Å².